The molecule has 0 radical (unpaired) electrons. The van der Waals surface area contributed by atoms with E-state index < -0.39 is 0 Å². The lowest BCUT2D eigenvalue weighted by molar-refractivity contribution is -0.0309. The van der Waals surface area contributed by atoms with Crippen molar-refractivity contribution in [3.05, 3.63) is 78.4 Å². The van der Waals surface area contributed by atoms with Gasteiger partial charge in [0.1, 0.15) is 5.75 Å². The number of morpholine rings is 1. The lowest BCUT2D eigenvalue weighted by atomic mass is 10.1. The molecule has 0 aliphatic carbocycles. The van der Waals surface area contributed by atoms with Crippen molar-refractivity contribution in [2.24, 2.45) is 0 Å². The molecule has 1 aliphatic rings. The molecule has 27 heavy (non-hydrogen) atoms. The Morgan fingerprint density at radius 3 is 3.00 bits per heavy atom. The Labute approximate surface area is 160 Å². The second-order valence-corrected chi connectivity index (χ2v) is 6.86. The van der Waals surface area contributed by atoms with E-state index in [0.717, 1.165) is 44.1 Å². The summed E-state index contributed by atoms with van der Waals surface area (Å²) in [5.41, 5.74) is 3.61. The molecule has 3 aromatic rings. The SMILES string of the molecule is COc1cccc(C[C@@H]2CN(Cc3cccn3-c3cccnc3)CCO2)c1. The number of methoxy groups -OCH3 is 1. The van der Waals surface area contributed by atoms with Gasteiger partial charge in [0.25, 0.3) is 0 Å². The molecule has 140 valence electrons. The van der Waals surface area contributed by atoms with E-state index in [2.05, 4.69) is 51.0 Å². The maximum atomic E-state index is 6.02. The lowest BCUT2D eigenvalue weighted by Crippen LogP contribution is -2.43. The number of benzene rings is 1. The monoisotopic (exact) mass is 363 g/mol. The van der Waals surface area contributed by atoms with Crippen LogP contribution in [0.3, 0.4) is 0 Å². The van der Waals surface area contributed by atoms with Crippen LogP contribution in [-0.2, 0) is 17.7 Å². The van der Waals surface area contributed by atoms with E-state index in [1.54, 1.807) is 13.3 Å². The third-order valence-corrected chi connectivity index (χ3v) is 4.96. The lowest BCUT2D eigenvalue weighted by Gasteiger charge is -2.33. The molecule has 0 bridgehead atoms. The summed E-state index contributed by atoms with van der Waals surface area (Å²) in [7, 11) is 1.70. The van der Waals surface area contributed by atoms with Crippen LogP contribution in [0.5, 0.6) is 5.75 Å². The Kier molecular flexibility index (Phi) is 5.51. The van der Waals surface area contributed by atoms with Gasteiger partial charge in [0.15, 0.2) is 0 Å². The highest BCUT2D eigenvalue weighted by Crippen LogP contribution is 2.19. The molecule has 3 heterocycles. The summed E-state index contributed by atoms with van der Waals surface area (Å²) >= 11 is 0. The second-order valence-electron chi connectivity index (χ2n) is 6.86. The molecular weight excluding hydrogens is 338 g/mol. The van der Waals surface area contributed by atoms with Crippen molar-refractivity contribution in [3.8, 4) is 11.4 Å². The zero-order valence-corrected chi connectivity index (χ0v) is 15.6. The Morgan fingerprint density at radius 2 is 2.15 bits per heavy atom. The molecule has 1 saturated heterocycles. The van der Waals surface area contributed by atoms with Gasteiger partial charge in [0, 0.05) is 44.1 Å². The van der Waals surface area contributed by atoms with Crippen LogP contribution in [0.2, 0.25) is 0 Å². The first-order valence-electron chi connectivity index (χ1n) is 9.35. The molecule has 5 nitrogen and oxygen atoms in total. The Morgan fingerprint density at radius 1 is 1.19 bits per heavy atom. The van der Waals surface area contributed by atoms with Gasteiger partial charge in [0.2, 0.25) is 0 Å². The van der Waals surface area contributed by atoms with Gasteiger partial charge in [0.05, 0.1) is 31.7 Å². The van der Waals surface area contributed by atoms with Gasteiger partial charge in [-0.3, -0.25) is 9.88 Å². The predicted octanol–water partition coefficient (Wildman–Crippen LogP) is 3.32. The van der Waals surface area contributed by atoms with E-state index in [4.69, 9.17) is 9.47 Å². The molecule has 1 aliphatic heterocycles. The first-order chi connectivity index (χ1) is 13.3. The van der Waals surface area contributed by atoms with Crippen molar-refractivity contribution in [2.45, 2.75) is 19.1 Å². The molecule has 5 heteroatoms. The summed E-state index contributed by atoms with van der Waals surface area (Å²) in [6.45, 7) is 3.55. The van der Waals surface area contributed by atoms with Crippen LogP contribution >= 0.6 is 0 Å². The van der Waals surface area contributed by atoms with Crippen LogP contribution in [0.15, 0.2) is 67.1 Å². The van der Waals surface area contributed by atoms with Crippen molar-refractivity contribution in [1.29, 1.82) is 0 Å². The van der Waals surface area contributed by atoms with E-state index in [9.17, 15) is 0 Å². The number of hydrogen-bond donors (Lipinski definition) is 0. The van der Waals surface area contributed by atoms with Gasteiger partial charge >= 0.3 is 0 Å². The molecule has 1 aromatic carbocycles. The molecule has 2 aromatic heterocycles. The van der Waals surface area contributed by atoms with Gasteiger partial charge < -0.3 is 14.0 Å². The highest BCUT2D eigenvalue weighted by Gasteiger charge is 2.22. The van der Waals surface area contributed by atoms with Gasteiger partial charge in [-0.2, -0.15) is 0 Å². The van der Waals surface area contributed by atoms with Crippen LogP contribution in [-0.4, -0.2) is 47.4 Å². The average Bonchev–Trinajstić information content (AvgIpc) is 3.17. The smallest absolute Gasteiger partial charge is 0.119 e. The molecule has 1 atom stereocenters. The van der Waals surface area contributed by atoms with Crippen molar-refractivity contribution in [3.63, 3.8) is 0 Å². The van der Waals surface area contributed by atoms with Gasteiger partial charge in [-0.25, -0.2) is 0 Å². The highest BCUT2D eigenvalue weighted by atomic mass is 16.5. The molecular formula is C22H25N3O2. The quantitative estimate of drug-likeness (QED) is 0.674. The molecule has 0 amide bonds. The van der Waals surface area contributed by atoms with Crippen LogP contribution in [0.4, 0.5) is 0 Å². The molecule has 4 rings (SSSR count). The molecule has 0 unspecified atom stereocenters. The fraction of sp³-hybridized carbons (Fsp3) is 0.318. The second kappa shape index (κ2) is 8.37. The minimum atomic E-state index is 0.202. The summed E-state index contributed by atoms with van der Waals surface area (Å²) < 4.78 is 13.6. The average molecular weight is 363 g/mol. The number of pyridine rings is 1. The summed E-state index contributed by atoms with van der Waals surface area (Å²) in [6, 6.07) is 16.6. The summed E-state index contributed by atoms with van der Waals surface area (Å²) in [5, 5.41) is 0. The number of rotatable bonds is 6. The minimum Gasteiger partial charge on any atom is -0.497 e. The van der Waals surface area contributed by atoms with Crippen molar-refractivity contribution in [2.75, 3.05) is 26.8 Å². The van der Waals surface area contributed by atoms with Crippen LogP contribution in [0, 0.1) is 0 Å². The number of nitrogens with zero attached hydrogens (tertiary/aromatic N) is 3. The fourth-order valence-electron chi connectivity index (χ4n) is 3.63. The van der Waals surface area contributed by atoms with E-state index in [-0.39, 0.29) is 6.10 Å². The van der Waals surface area contributed by atoms with E-state index >= 15 is 0 Å². The first kappa shape index (κ1) is 17.8. The van der Waals surface area contributed by atoms with Crippen molar-refractivity contribution >= 4 is 0 Å². The van der Waals surface area contributed by atoms with Gasteiger partial charge in [-0.05, 0) is 42.0 Å². The van der Waals surface area contributed by atoms with Crippen molar-refractivity contribution in [1.82, 2.24) is 14.5 Å². The largest absolute Gasteiger partial charge is 0.497 e. The minimum absolute atomic E-state index is 0.202. The molecule has 0 spiro atoms. The molecule has 0 N–H and O–H groups in total. The van der Waals surface area contributed by atoms with E-state index in [1.165, 1.54) is 11.3 Å². The maximum Gasteiger partial charge on any atom is 0.119 e. The Hall–Kier alpha value is -2.63. The fourth-order valence-corrected chi connectivity index (χ4v) is 3.63. The highest BCUT2D eigenvalue weighted by molar-refractivity contribution is 5.32. The summed E-state index contributed by atoms with van der Waals surface area (Å²) in [5.74, 6) is 0.898. The number of ether oxygens (including phenoxy) is 2. The third-order valence-electron chi connectivity index (χ3n) is 4.96. The first-order valence-corrected chi connectivity index (χ1v) is 9.35. The van der Waals surface area contributed by atoms with Crippen LogP contribution in [0.1, 0.15) is 11.3 Å². The summed E-state index contributed by atoms with van der Waals surface area (Å²) in [4.78, 5) is 6.71. The maximum absolute atomic E-state index is 6.02. The topological polar surface area (TPSA) is 39.5 Å². The Bertz CT molecular complexity index is 863. The number of hydrogen-bond acceptors (Lipinski definition) is 4. The van der Waals surface area contributed by atoms with Gasteiger partial charge in [-0.15, -0.1) is 0 Å². The van der Waals surface area contributed by atoms with E-state index in [1.807, 2.05) is 24.4 Å². The Balaban J connectivity index is 1.41. The predicted molar refractivity (Wildman–Crippen MR) is 105 cm³/mol. The van der Waals surface area contributed by atoms with E-state index in [0.29, 0.717) is 0 Å². The van der Waals surface area contributed by atoms with Crippen LogP contribution in [0.25, 0.3) is 5.69 Å². The summed E-state index contributed by atoms with van der Waals surface area (Å²) in [6.07, 6.45) is 6.90. The van der Waals surface area contributed by atoms with Gasteiger partial charge in [-0.1, -0.05) is 12.1 Å². The zero-order chi connectivity index (χ0) is 18.5. The molecule has 0 saturated carbocycles. The standard InChI is InChI=1S/C22H25N3O2/c1-26-21-8-2-5-18(13-21)14-22-17-24(11-12-27-22)16-20-7-4-10-25(20)19-6-3-9-23-15-19/h2-10,13,15,22H,11-12,14,16-17H2,1H3/t22-/m1/s1. The molecule has 1 fully saturated rings. The van der Waals surface area contributed by atoms with Crippen molar-refractivity contribution < 1.29 is 9.47 Å². The zero-order valence-electron chi connectivity index (χ0n) is 15.6. The third kappa shape index (κ3) is 4.38. The number of aromatic nitrogens is 2. The normalized spacial score (nSPS) is 17.7. The van der Waals surface area contributed by atoms with Crippen LogP contribution < -0.4 is 4.74 Å².